The third-order valence-electron chi connectivity index (χ3n) is 3.25. The molecule has 132 valence electrons. The van der Waals surface area contributed by atoms with E-state index in [4.69, 9.17) is 9.47 Å². The average Bonchev–Trinajstić information content (AvgIpc) is 2.59. The normalized spacial score (nSPS) is 10.4. The van der Waals surface area contributed by atoms with Crippen molar-refractivity contribution in [1.29, 1.82) is 0 Å². The van der Waals surface area contributed by atoms with E-state index in [-0.39, 0.29) is 24.3 Å². The number of halogens is 2. The number of hydrogen-bond acceptors (Lipinski definition) is 5. The van der Waals surface area contributed by atoms with Crippen LogP contribution in [0.4, 0.5) is 0 Å². The number of ketones is 1. The van der Waals surface area contributed by atoms with Crippen molar-refractivity contribution in [2.45, 2.75) is 26.4 Å². The minimum Gasteiger partial charge on any atom is -0.485 e. The number of nitrogens with zero attached hydrogens (tertiary/aromatic N) is 1. The molecular weight excluding hydrogens is 454 g/mol. The van der Waals surface area contributed by atoms with Gasteiger partial charge in [0, 0.05) is 6.42 Å². The quantitative estimate of drug-likeness (QED) is 0.317. The molecule has 5 nitrogen and oxygen atoms in total. The standard InChI is InChI=1S/C18H17Br2NO4/c1-2-24-16(23)9-8-14(22)17-18(13(19)10-15(20)21-17)25-11-12-6-4-3-5-7-12/h3-7,10H,2,8-9,11H2,1H3. The third kappa shape index (κ3) is 5.93. The first-order chi connectivity index (χ1) is 12.0. The van der Waals surface area contributed by atoms with Crippen LogP contribution in [0.25, 0.3) is 0 Å². The van der Waals surface area contributed by atoms with E-state index in [0.29, 0.717) is 28.0 Å². The number of ether oxygens (including phenoxy) is 2. The lowest BCUT2D eigenvalue weighted by molar-refractivity contribution is -0.143. The Kier molecular flexibility index (Phi) is 7.58. The smallest absolute Gasteiger partial charge is 0.306 e. The lowest BCUT2D eigenvalue weighted by Crippen LogP contribution is -2.11. The van der Waals surface area contributed by atoms with Crippen molar-refractivity contribution in [2.24, 2.45) is 0 Å². The molecule has 0 spiro atoms. The molecular formula is C18H17Br2NO4. The van der Waals surface area contributed by atoms with Gasteiger partial charge < -0.3 is 9.47 Å². The van der Waals surface area contributed by atoms with E-state index in [9.17, 15) is 9.59 Å². The molecule has 0 saturated carbocycles. The first-order valence-electron chi connectivity index (χ1n) is 7.72. The van der Waals surface area contributed by atoms with Gasteiger partial charge in [0.15, 0.2) is 17.2 Å². The van der Waals surface area contributed by atoms with Crippen LogP contribution in [0.15, 0.2) is 45.5 Å². The van der Waals surface area contributed by atoms with E-state index in [1.54, 1.807) is 13.0 Å². The second kappa shape index (κ2) is 9.68. The summed E-state index contributed by atoms with van der Waals surface area (Å²) in [5.41, 5.74) is 1.16. The van der Waals surface area contributed by atoms with Gasteiger partial charge in [-0.3, -0.25) is 9.59 Å². The van der Waals surface area contributed by atoms with Gasteiger partial charge in [-0.2, -0.15) is 0 Å². The van der Waals surface area contributed by atoms with E-state index in [1.165, 1.54) is 0 Å². The summed E-state index contributed by atoms with van der Waals surface area (Å²) in [4.78, 5) is 28.2. The number of hydrogen-bond donors (Lipinski definition) is 0. The zero-order valence-electron chi connectivity index (χ0n) is 13.6. The highest BCUT2D eigenvalue weighted by molar-refractivity contribution is 9.11. The van der Waals surface area contributed by atoms with Crippen molar-refractivity contribution in [2.75, 3.05) is 6.61 Å². The molecule has 1 aromatic carbocycles. The zero-order valence-corrected chi connectivity index (χ0v) is 16.8. The predicted molar refractivity (Wildman–Crippen MR) is 101 cm³/mol. The van der Waals surface area contributed by atoms with Crippen molar-refractivity contribution < 1.29 is 19.1 Å². The molecule has 2 rings (SSSR count). The van der Waals surface area contributed by atoms with E-state index in [0.717, 1.165) is 5.56 Å². The van der Waals surface area contributed by atoms with Gasteiger partial charge in [0.25, 0.3) is 0 Å². The molecule has 7 heteroatoms. The predicted octanol–water partition coefficient (Wildman–Crippen LogP) is 4.71. The topological polar surface area (TPSA) is 65.5 Å². The van der Waals surface area contributed by atoms with Crippen LogP contribution in [0, 0.1) is 0 Å². The Morgan fingerprint density at radius 1 is 1.12 bits per heavy atom. The fraction of sp³-hybridized carbons (Fsp3) is 0.278. The monoisotopic (exact) mass is 469 g/mol. The lowest BCUT2D eigenvalue weighted by Gasteiger charge is -2.13. The average molecular weight is 471 g/mol. The van der Waals surface area contributed by atoms with Crippen LogP contribution in [0.1, 0.15) is 35.8 Å². The largest absolute Gasteiger partial charge is 0.485 e. The Hall–Kier alpha value is -1.73. The van der Waals surface area contributed by atoms with Crippen LogP contribution in [-0.4, -0.2) is 23.3 Å². The first-order valence-corrected chi connectivity index (χ1v) is 9.31. The van der Waals surface area contributed by atoms with Crippen LogP contribution in [0.3, 0.4) is 0 Å². The highest BCUT2D eigenvalue weighted by Gasteiger charge is 2.20. The Morgan fingerprint density at radius 2 is 1.84 bits per heavy atom. The van der Waals surface area contributed by atoms with Gasteiger partial charge in [-0.15, -0.1) is 0 Å². The molecule has 1 aromatic heterocycles. The van der Waals surface area contributed by atoms with E-state index >= 15 is 0 Å². The highest BCUT2D eigenvalue weighted by Crippen LogP contribution is 2.32. The Morgan fingerprint density at radius 3 is 2.52 bits per heavy atom. The maximum absolute atomic E-state index is 12.5. The molecule has 0 amide bonds. The first kappa shape index (κ1) is 19.6. The number of carbonyl (C=O) groups is 2. The fourth-order valence-electron chi connectivity index (χ4n) is 2.10. The molecule has 2 aromatic rings. The Balaban J connectivity index is 2.15. The molecule has 0 aliphatic heterocycles. The zero-order chi connectivity index (χ0) is 18.2. The van der Waals surface area contributed by atoms with Crippen molar-refractivity contribution in [1.82, 2.24) is 4.98 Å². The molecule has 0 bridgehead atoms. The van der Waals surface area contributed by atoms with Gasteiger partial charge in [0.1, 0.15) is 11.2 Å². The summed E-state index contributed by atoms with van der Waals surface area (Å²) in [5.74, 6) is -0.323. The summed E-state index contributed by atoms with van der Waals surface area (Å²) in [7, 11) is 0. The minimum absolute atomic E-state index is 0.0103. The molecule has 0 radical (unpaired) electrons. The van der Waals surface area contributed by atoms with E-state index < -0.39 is 5.97 Å². The summed E-state index contributed by atoms with van der Waals surface area (Å²) < 4.78 is 11.8. The van der Waals surface area contributed by atoms with Crippen LogP contribution in [-0.2, 0) is 16.1 Å². The van der Waals surface area contributed by atoms with E-state index in [1.807, 2.05) is 30.3 Å². The van der Waals surface area contributed by atoms with Crippen LogP contribution in [0.5, 0.6) is 5.75 Å². The summed E-state index contributed by atoms with van der Waals surface area (Å²) in [6.07, 6.45) is 0.0209. The molecule has 1 heterocycles. The molecule has 0 atom stereocenters. The SMILES string of the molecule is CCOC(=O)CCC(=O)c1nc(Br)cc(Br)c1OCc1ccccc1. The van der Waals surface area contributed by atoms with Crippen LogP contribution >= 0.6 is 31.9 Å². The van der Waals surface area contributed by atoms with Gasteiger partial charge >= 0.3 is 5.97 Å². The number of Topliss-reactive ketones (excluding diaryl/α,β-unsaturated/α-hetero) is 1. The lowest BCUT2D eigenvalue weighted by atomic mass is 10.1. The van der Waals surface area contributed by atoms with Gasteiger partial charge in [-0.25, -0.2) is 4.98 Å². The minimum atomic E-state index is -0.406. The van der Waals surface area contributed by atoms with Crippen LogP contribution in [0.2, 0.25) is 0 Å². The van der Waals surface area contributed by atoms with Gasteiger partial charge in [0.2, 0.25) is 0 Å². The van der Waals surface area contributed by atoms with Crippen molar-refractivity contribution in [3.63, 3.8) is 0 Å². The number of carbonyl (C=O) groups excluding carboxylic acids is 2. The molecule has 0 saturated heterocycles. The fourth-order valence-corrected chi connectivity index (χ4v) is 3.33. The molecule has 0 aliphatic carbocycles. The summed E-state index contributed by atoms with van der Waals surface area (Å²) in [6, 6.07) is 11.3. The third-order valence-corrected chi connectivity index (χ3v) is 4.24. The van der Waals surface area contributed by atoms with Crippen molar-refractivity contribution in [3.8, 4) is 5.75 Å². The molecule has 0 aliphatic rings. The van der Waals surface area contributed by atoms with Gasteiger partial charge in [0.05, 0.1) is 17.5 Å². The second-order valence-electron chi connectivity index (χ2n) is 5.11. The van der Waals surface area contributed by atoms with Gasteiger partial charge in [-0.05, 0) is 50.4 Å². The summed E-state index contributed by atoms with van der Waals surface area (Å²) in [6.45, 7) is 2.32. The maximum atomic E-state index is 12.5. The Labute approximate surface area is 163 Å². The maximum Gasteiger partial charge on any atom is 0.306 e. The number of rotatable bonds is 8. The van der Waals surface area contributed by atoms with Crippen molar-refractivity contribution >= 4 is 43.6 Å². The second-order valence-corrected chi connectivity index (χ2v) is 6.77. The molecule has 0 unspecified atom stereocenters. The number of benzene rings is 1. The van der Waals surface area contributed by atoms with Crippen molar-refractivity contribution in [3.05, 3.63) is 56.7 Å². The van der Waals surface area contributed by atoms with Gasteiger partial charge in [-0.1, -0.05) is 30.3 Å². The molecule has 0 N–H and O–H groups in total. The summed E-state index contributed by atoms with van der Waals surface area (Å²) >= 11 is 6.68. The molecule has 0 fully saturated rings. The highest BCUT2D eigenvalue weighted by atomic mass is 79.9. The van der Waals surface area contributed by atoms with E-state index in [2.05, 4.69) is 36.8 Å². The number of esters is 1. The number of aromatic nitrogens is 1. The summed E-state index contributed by atoms with van der Waals surface area (Å²) in [5, 5.41) is 0. The Bertz CT molecular complexity index is 750. The number of pyridine rings is 1. The van der Waals surface area contributed by atoms with Crippen LogP contribution < -0.4 is 4.74 Å². The molecule has 25 heavy (non-hydrogen) atoms.